The van der Waals surface area contributed by atoms with E-state index in [1.807, 2.05) is 17.5 Å². The molecule has 0 unspecified atom stereocenters. The molecule has 1 aromatic carbocycles. The second-order valence-corrected chi connectivity index (χ2v) is 6.17. The fraction of sp³-hybridized carbons (Fsp3) is 0.235. The number of ether oxygens (including phenoxy) is 1. The van der Waals surface area contributed by atoms with E-state index in [4.69, 9.17) is 14.3 Å². The predicted molar refractivity (Wildman–Crippen MR) is 97.4 cm³/mol. The number of anilines is 1. The molecule has 9 heteroatoms. The van der Waals surface area contributed by atoms with Gasteiger partial charge in [0.1, 0.15) is 5.75 Å². The Kier molecular flexibility index (Phi) is 5.82. The average Bonchev–Trinajstić information content (AvgIpc) is 3.35. The summed E-state index contributed by atoms with van der Waals surface area (Å²) in [6, 6.07) is 8.88. The first kappa shape index (κ1) is 17.9. The van der Waals surface area contributed by atoms with Crippen molar-refractivity contribution >= 4 is 22.9 Å². The number of amides is 1. The van der Waals surface area contributed by atoms with E-state index < -0.39 is 0 Å². The minimum atomic E-state index is -0.313. The van der Waals surface area contributed by atoms with Gasteiger partial charge in [0.2, 0.25) is 5.89 Å². The van der Waals surface area contributed by atoms with Gasteiger partial charge in [0.05, 0.1) is 30.7 Å². The minimum Gasteiger partial charge on any atom is -0.496 e. The SMILES string of the molecule is COc1cc(NCCO)ccc1C(=O)NCc1nnc(-c2cccs2)o1. The average molecular weight is 374 g/mol. The van der Waals surface area contributed by atoms with Gasteiger partial charge >= 0.3 is 0 Å². The van der Waals surface area contributed by atoms with Crippen molar-refractivity contribution in [1.29, 1.82) is 0 Å². The Balaban J connectivity index is 1.64. The first-order valence-electron chi connectivity index (χ1n) is 7.88. The van der Waals surface area contributed by atoms with Crippen molar-refractivity contribution in [2.45, 2.75) is 6.54 Å². The third-order valence-electron chi connectivity index (χ3n) is 3.49. The number of carbonyl (C=O) groups excluding carboxylic acids is 1. The Morgan fingerprint density at radius 3 is 2.96 bits per heavy atom. The Labute approximate surface area is 153 Å². The van der Waals surface area contributed by atoms with Crippen molar-refractivity contribution in [2.75, 3.05) is 25.6 Å². The normalized spacial score (nSPS) is 10.5. The van der Waals surface area contributed by atoms with Crippen LogP contribution in [0.5, 0.6) is 5.75 Å². The number of methoxy groups -OCH3 is 1. The van der Waals surface area contributed by atoms with Crippen LogP contribution in [0, 0.1) is 0 Å². The molecule has 0 bridgehead atoms. The van der Waals surface area contributed by atoms with Crippen LogP contribution in [0.2, 0.25) is 0 Å². The van der Waals surface area contributed by atoms with Crippen molar-refractivity contribution in [1.82, 2.24) is 15.5 Å². The molecule has 26 heavy (non-hydrogen) atoms. The van der Waals surface area contributed by atoms with Crippen molar-refractivity contribution in [3.05, 3.63) is 47.2 Å². The van der Waals surface area contributed by atoms with Crippen LogP contribution in [-0.2, 0) is 6.54 Å². The van der Waals surface area contributed by atoms with E-state index >= 15 is 0 Å². The van der Waals surface area contributed by atoms with Gasteiger partial charge in [-0.3, -0.25) is 4.79 Å². The summed E-state index contributed by atoms with van der Waals surface area (Å²) in [5.41, 5.74) is 1.14. The smallest absolute Gasteiger partial charge is 0.257 e. The van der Waals surface area contributed by atoms with Crippen molar-refractivity contribution in [2.24, 2.45) is 0 Å². The number of rotatable bonds is 8. The fourth-order valence-electron chi connectivity index (χ4n) is 2.26. The minimum absolute atomic E-state index is 0.0161. The number of aliphatic hydroxyl groups excluding tert-OH is 1. The maximum absolute atomic E-state index is 12.4. The van der Waals surface area contributed by atoms with E-state index in [-0.39, 0.29) is 19.1 Å². The van der Waals surface area contributed by atoms with Crippen LogP contribution >= 0.6 is 11.3 Å². The third kappa shape index (κ3) is 4.19. The van der Waals surface area contributed by atoms with Crippen LogP contribution < -0.4 is 15.4 Å². The number of nitrogens with one attached hydrogen (secondary N) is 2. The van der Waals surface area contributed by atoms with Crippen molar-refractivity contribution < 1.29 is 19.1 Å². The molecule has 3 aromatic rings. The Morgan fingerprint density at radius 1 is 1.35 bits per heavy atom. The van der Waals surface area contributed by atoms with Gasteiger partial charge in [-0.1, -0.05) is 6.07 Å². The summed E-state index contributed by atoms with van der Waals surface area (Å²) in [6.45, 7) is 0.547. The molecule has 0 atom stereocenters. The lowest BCUT2D eigenvalue weighted by molar-refractivity contribution is 0.0944. The highest BCUT2D eigenvalue weighted by atomic mass is 32.1. The Hall–Kier alpha value is -2.91. The summed E-state index contributed by atoms with van der Waals surface area (Å²) in [5, 5.41) is 24.4. The molecule has 0 aliphatic rings. The van der Waals surface area contributed by atoms with Gasteiger partial charge in [0, 0.05) is 18.3 Å². The Bertz CT molecular complexity index is 864. The first-order chi connectivity index (χ1) is 12.7. The maximum atomic E-state index is 12.4. The molecule has 0 fully saturated rings. The molecular weight excluding hydrogens is 356 g/mol. The number of carbonyl (C=O) groups is 1. The second kappa shape index (κ2) is 8.45. The van der Waals surface area contributed by atoms with E-state index in [9.17, 15) is 4.79 Å². The van der Waals surface area contributed by atoms with Gasteiger partial charge in [-0.15, -0.1) is 21.5 Å². The monoisotopic (exact) mass is 374 g/mol. The third-order valence-corrected chi connectivity index (χ3v) is 4.34. The second-order valence-electron chi connectivity index (χ2n) is 5.23. The van der Waals surface area contributed by atoms with Gasteiger partial charge in [-0.05, 0) is 23.6 Å². The van der Waals surface area contributed by atoms with Crippen LogP contribution in [0.3, 0.4) is 0 Å². The van der Waals surface area contributed by atoms with E-state index in [0.29, 0.717) is 29.6 Å². The number of benzene rings is 1. The van der Waals surface area contributed by atoms with E-state index in [0.717, 1.165) is 10.6 Å². The largest absolute Gasteiger partial charge is 0.496 e. The molecule has 3 rings (SSSR count). The van der Waals surface area contributed by atoms with Gasteiger partial charge in [-0.2, -0.15) is 0 Å². The van der Waals surface area contributed by atoms with Crippen molar-refractivity contribution in [3.63, 3.8) is 0 Å². The number of aromatic nitrogens is 2. The molecule has 1 amide bonds. The van der Waals surface area contributed by atoms with E-state index in [2.05, 4.69) is 20.8 Å². The molecule has 0 radical (unpaired) electrons. The molecular formula is C17H18N4O4S. The topological polar surface area (TPSA) is 110 Å². The highest BCUT2D eigenvalue weighted by molar-refractivity contribution is 7.13. The van der Waals surface area contributed by atoms with Crippen molar-refractivity contribution in [3.8, 4) is 16.5 Å². The number of hydrogen-bond acceptors (Lipinski definition) is 8. The number of hydrogen-bond donors (Lipinski definition) is 3. The predicted octanol–water partition coefficient (Wildman–Crippen LogP) is 2.14. The zero-order valence-corrected chi connectivity index (χ0v) is 14.9. The molecule has 0 aliphatic carbocycles. The number of thiophene rings is 1. The molecule has 2 heterocycles. The van der Waals surface area contributed by atoms with Gasteiger partial charge in [-0.25, -0.2) is 0 Å². The zero-order valence-electron chi connectivity index (χ0n) is 14.1. The van der Waals surface area contributed by atoms with Crippen LogP contribution in [0.1, 0.15) is 16.2 Å². The zero-order chi connectivity index (χ0) is 18.4. The van der Waals surface area contributed by atoms with Gasteiger partial charge < -0.3 is 24.9 Å². The molecule has 0 spiro atoms. The lowest BCUT2D eigenvalue weighted by atomic mass is 10.1. The molecule has 0 saturated carbocycles. The van der Waals surface area contributed by atoms with Crippen LogP contribution in [0.4, 0.5) is 5.69 Å². The number of aliphatic hydroxyl groups is 1. The highest BCUT2D eigenvalue weighted by Crippen LogP contribution is 2.24. The quantitative estimate of drug-likeness (QED) is 0.554. The summed E-state index contributed by atoms with van der Waals surface area (Å²) in [7, 11) is 1.49. The molecule has 136 valence electrons. The Morgan fingerprint density at radius 2 is 2.23 bits per heavy atom. The van der Waals surface area contributed by atoms with Crippen LogP contribution in [0.25, 0.3) is 10.8 Å². The maximum Gasteiger partial charge on any atom is 0.257 e. The van der Waals surface area contributed by atoms with E-state index in [1.165, 1.54) is 18.4 Å². The van der Waals surface area contributed by atoms with Gasteiger partial charge in [0.25, 0.3) is 11.8 Å². The summed E-state index contributed by atoms with van der Waals surface area (Å²) < 4.78 is 10.8. The summed E-state index contributed by atoms with van der Waals surface area (Å²) in [6.07, 6.45) is 0. The standard InChI is InChI=1S/C17H18N4O4S/c1-24-13-9-11(18-6-7-22)4-5-12(13)16(23)19-10-15-20-21-17(25-15)14-3-2-8-26-14/h2-5,8-9,18,22H,6-7,10H2,1H3,(H,19,23). The van der Waals surface area contributed by atoms with Crippen LogP contribution in [-0.4, -0.2) is 41.5 Å². The lowest BCUT2D eigenvalue weighted by Gasteiger charge is -2.11. The molecule has 2 aromatic heterocycles. The fourth-order valence-corrected chi connectivity index (χ4v) is 2.91. The van der Waals surface area contributed by atoms with Crippen LogP contribution in [0.15, 0.2) is 40.1 Å². The van der Waals surface area contributed by atoms with E-state index in [1.54, 1.807) is 18.2 Å². The first-order valence-corrected chi connectivity index (χ1v) is 8.76. The molecule has 0 aliphatic heterocycles. The summed E-state index contributed by atoms with van der Waals surface area (Å²) in [5.74, 6) is 0.866. The molecule has 0 saturated heterocycles. The van der Waals surface area contributed by atoms with Gasteiger partial charge in [0.15, 0.2) is 0 Å². The summed E-state index contributed by atoms with van der Waals surface area (Å²) in [4.78, 5) is 13.3. The molecule has 8 nitrogen and oxygen atoms in total. The summed E-state index contributed by atoms with van der Waals surface area (Å²) >= 11 is 1.50. The lowest BCUT2D eigenvalue weighted by Crippen LogP contribution is -2.23. The molecule has 3 N–H and O–H groups in total. The highest BCUT2D eigenvalue weighted by Gasteiger charge is 2.15. The number of nitrogens with zero attached hydrogens (tertiary/aromatic N) is 2.